The molecular formula is C14H22N4O. The number of nitrogens with zero attached hydrogens (tertiary/aromatic N) is 3. The van der Waals surface area contributed by atoms with Crippen molar-refractivity contribution in [2.75, 3.05) is 24.5 Å². The molecule has 0 aromatic carbocycles. The van der Waals surface area contributed by atoms with Gasteiger partial charge in [-0.2, -0.15) is 0 Å². The lowest BCUT2D eigenvalue weighted by Crippen LogP contribution is -2.44. The molecule has 0 radical (unpaired) electrons. The summed E-state index contributed by atoms with van der Waals surface area (Å²) in [5.41, 5.74) is 0. The van der Waals surface area contributed by atoms with Crippen LogP contribution in [0, 0.1) is 11.8 Å². The number of anilines is 1. The molecule has 1 aromatic rings. The molecule has 1 fully saturated rings. The topological polar surface area (TPSA) is 58.1 Å². The van der Waals surface area contributed by atoms with Gasteiger partial charge >= 0.3 is 0 Å². The summed E-state index contributed by atoms with van der Waals surface area (Å²) in [5, 5.41) is 3.02. The van der Waals surface area contributed by atoms with Crippen LogP contribution in [0.2, 0.25) is 0 Å². The van der Waals surface area contributed by atoms with E-state index in [-0.39, 0.29) is 11.8 Å². The zero-order chi connectivity index (χ0) is 13.7. The highest BCUT2D eigenvalue weighted by molar-refractivity contribution is 5.79. The first-order chi connectivity index (χ1) is 9.16. The predicted molar refractivity (Wildman–Crippen MR) is 74.8 cm³/mol. The van der Waals surface area contributed by atoms with Gasteiger partial charge in [0.15, 0.2) is 0 Å². The summed E-state index contributed by atoms with van der Waals surface area (Å²) in [7, 11) is 0. The predicted octanol–water partition coefficient (Wildman–Crippen LogP) is 1.47. The minimum atomic E-state index is 0.0644. The summed E-state index contributed by atoms with van der Waals surface area (Å²) < 4.78 is 0. The fraction of sp³-hybridized carbons (Fsp3) is 0.643. The third-order valence-corrected chi connectivity index (χ3v) is 3.35. The number of aromatic nitrogens is 2. The smallest absolute Gasteiger partial charge is 0.224 e. The average molecular weight is 262 g/mol. The molecular weight excluding hydrogens is 240 g/mol. The maximum atomic E-state index is 12.1. The standard InChI is InChI=1S/C14H22N4O/c1-11(2)8-17-14(19)12-4-3-7-18(10-12)13-9-15-5-6-16-13/h5-6,9,11-12H,3-4,7-8,10H2,1-2H3,(H,17,19). The van der Waals surface area contributed by atoms with Gasteiger partial charge in [-0.3, -0.25) is 9.78 Å². The molecule has 2 rings (SSSR count). The van der Waals surface area contributed by atoms with E-state index in [1.807, 2.05) is 0 Å². The fourth-order valence-electron chi connectivity index (χ4n) is 2.30. The second kappa shape index (κ2) is 6.50. The van der Waals surface area contributed by atoms with Gasteiger partial charge in [0.05, 0.1) is 12.1 Å². The Kier molecular flexibility index (Phi) is 4.71. The number of hydrogen-bond acceptors (Lipinski definition) is 4. The Balaban J connectivity index is 1.92. The van der Waals surface area contributed by atoms with E-state index in [0.29, 0.717) is 5.92 Å². The highest BCUT2D eigenvalue weighted by atomic mass is 16.1. The second-order valence-electron chi connectivity index (χ2n) is 5.49. The lowest BCUT2D eigenvalue weighted by molar-refractivity contribution is -0.125. The highest BCUT2D eigenvalue weighted by Gasteiger charge is 2.26. The summed E-state index contributed by atoms with van der Waals surface area (Å²) in [6.07, 6.45) is 7.10. The van der Waals surface area contributed by atoms with E-state index >= 15 is 0 Å². The van der Waals surface area contributed by atoms with Crippen molar-refractivity contribution in [2.45, 2.75) is 26.7 Å². The summed E-state index contributed by atoms with van der Waals surface area (Å²) in [6, 6.07) is 0. The number of carbonyl (C=O) groups is 1. The van der Waals surface area contributed by atoms with Gasteiger partial charge in [-0.1, -0.05) is 13.8 Å². The maximum absolute atomic E-state index is 12.1. The molecule has 1 amide bonds. The zero-order valence-electron chi connectivity index (χ0n) is 11.7. The zero-order valence-corrected chi connectivity index (χ0v) is 11.7. The van der Waals surface area contributed by atoms with Crippen LogP contribution >= 0.6 is 0 Å². The summed E-state index contributed by atoms with van der Waals surface area (Å²) in [4.78, 5) is 22.6. The first kappa shape index (κ1) is 13.8. The molecule has 0 saturated carbocycles. The Hall–Kier alpha value is -1.65. The normalized spacial score (nSPS) is 19.5. The van der Waals surface area contributed by atoms with Crippen LogP contribution in [0.15, 0.2) is 18.6 Å². The third kappa shape index (κ3) is 3.91. The monoisotopic (exact) mass is 262 g/mol. The Morgan fingerprint density at radius 3 is 3.05 bits per heavy atom. The van der Waals surface area contributed by atoms with Crippen LogP contribution in [0.5, 0.6) is 0 Å². The molecule has 0 bridgehead atoms. The Morgan fingerprint density at radius 1 is 1.53 bits per heavy atom. The van der Waals surface area contributed by atoms with E-state index in [0.717, 1.165) is 38.3 Å². The van der Waals surface area contributed by atoms with Crippen molar-refractivity contribution >= 4 is 11.7 Å². The second-order valence-corrected chi connectivity index (χ2v) is 5.49. The van der Waals surface area contributed by atoms with Crippen molar-refractivity contribution in [1.82, 2.24) is 15.3 Å². The van der Waals surface area contributed by atoms with Gasteiger partial charge in [0, 0.05) is 32.0 Å². The molecule has 104 valence electrons. The molecule has 0 aliphatic carbocycles. The van der Waals surface area contributed by atoms with Gasteiger partial charge in [0.1, 0.15) is 5.82 Å². The lowest BCUT2D eigenvalue weighted by atomic mass is 9.97. The summed E-state index contributed by atoms with van der Waals surface area (Å²) >= 11 is 0. The quantitative estimate of drug-likeness (QED) is 0.892. The minimum absolute atomic E-state index is 0.0644. The number of hydrogen-bond donors (Lipinski definition) is 1. The van der Waals surface area contributed by atoms with E-state index in [9.17, 15) is 4.79 Å². The molecule has 1 unspecified atom stereocenters. The van der Waals surface area contributed by atoms with Crippen LogP contribution in [0.1, 0.15) is 26.7 Å². The van der Waals surface area contributed by atoms with E-state index in [2.05, 4.69) is 34.0 Å². The van der Waals surface area contributed by atoms with Crippen LogP contribution in [-0.4, -0.2) is 35.5 Å². The maximum Gasteiger partial charge on any atom is 0.224 e. The van der Waals surface area contributed by atoms with Crippen molar-refractivity contribution in [3.05, 3.63) is 18.6 Å². The summed E-state index contributed by atoms with van der Waals surface area (Å²) in [6.45, 7) is 6.65. The van der Waals surface area contributed by atoms with Crippen LogP contribution in [0.25, 0.3) is 0 Å². The highest BCUT2D eigenvalue weighted by Crippen LogP contribution is 2.20. The molecule has 1 aliphatic heterocycles. The van der Waals surface area contributed by atoms with E-state index in [4.69, 9.17) is 0 Å². The number of piperidine rings is 1. The van der Waals surface area contributed by atoms with Crippen LogP contribution in [0.3, 0.4) is 0 Å². The number of carbonyl (C=O) groups excluding carboxylic acids is 1. The van der Waals surface area contributed by atoms with E-state index in [1.165, 1.54) is 0 Å². The Bertz CT molecular complexity index is 407. The van der Waals surface area contributed by atoms with Crippen molar-refractivity contribution in [3.63, 3.8) is 0 Å². The number of amides is 1. The van der Waals surface area contributed by atoms with Crippen molar-refractivity contribution in [1.29, 1.82) is 0 Å². The molecule has 5 nitrogen and oxygen atoms in total. The Morgan fingerprint density at radius 2 is 2.37 bits per heavy atom. The largest absolute Gasteiger partial charge is 0.356 e. The van der Waals surface area contributed by atoms with Crippen LogP contribution < -0.4 is 10.2 Å². The van der Waals surface area contributed by atoms with Gasteiger partial charge < -0.3 is 10.2 Å². The fourth-order valence-corrected chi connectivity index (χ4v) is 2.30. The lowest BCUT2D eigenvalue weighted by Gasteiger charge is -2.32. The third-order valence-electron chi connectivity index (χ3n) is 3.35. The van der Waals surface area contributed by atoms with Gasteiger partial charge in [-0.15, -0.1) is 0 Å². The van der Waals surface area contributed by atoms with Crippen LogP contribution in [0.4, 0.5) is 5.82 Å². The summed E-state index contributed by atoms with van der Waals surface area (Å²) in [5.74, 6) is 1.59. The molecule has 0 spiro atoms. The SMILES string of the molecule is CC(C)CNC(=O)C1CCCN(c2cnccn2)C1. The molecule has 2 heterocycles. The van der Waals surface area contributed by atoms with Gasteiger partial charge in [0.25, 0.3) is 0 Å². The van der Waals surface area contributed by atoms with Gasteiger partial charge in [-0.05, 0) is 18.8 Å². The van der Waals surface area contributed by atoms with Crippen molar-refractivity contribution in [3.8, 4) is 0 Å². The number of rotatable bonds is 4. The van der Waals surface area contributed by atoms with E-state index in [1.54, 1.807) is 18.6 Å². The van der Waals surface area contributed by atoms with Crippen molar-refractivity contribution in [2.24, 2.45) is 11.8 Å². The first-order valence-corrected chi connectivity index (χ1v) is 6.95. The minimum Gasteiger partial charge on any atom is -0.356 e. The molecule has 1 aliphatic rings. The average Bonchev–Trinajstić information content (AvgIpc) is 2.46. The van der Waals surface area contributed by atoms with Gasteiger partial charge in [-0.25, -0.2) is 4.98 Å². The molecule has 1 saturated heterocycles. The van der Waals surface area contributed by atoms with Gasteiger partial charge in [0.2, 0.25) is 5.91 Å². The van der Waals surface area contributed by atoms with E-state index < -0.39 is 0 Å². The molecule has 1 atom stereocenters. The Labute approximate surface area is 114 Å². The molecule has 1 aromatic heterocycles. The number of nitrogens with one attached hydrogen (secondary N) is 1. The first-order valence-electron chi connectivity index (χ1n) is 6.95. The van der Waals surface area contributed by atoms with Crippen molar-refractivity contribution < 1.29 is 4.79 Å². The molecule has 19 heavy (non-hydrogen) atoms. The van der Waals surface area contributed by atoms with Crippen LogP contribution in [-0.2, 0) is 4.79 Å². The molecule has 5 heteroatoms. The molecule has 1 N–H and O–H groups in total.